The third-order valence-electron chi connectivity index (χ3n) is 0.715. The molecule has 0 rings (SSSR count). The van der Waals surface area contributed by atoms with Crippen LogP contribution in [0.4, 0.5) is 0 Å². The van der Waals surface area contributed by atoms with Crippen molar-refractivity contribution < 1.29 is 5.11 Å². The van der Waals surface area contributed by atoms with Crippen molar-refractivity contribution in [2.45, 2.75) is 13.0 Å². The first-order valence-corrected chi connectivity index (χ1v) is 2.61. The van der Waals surface area contributed by atoms with Crippen LogP contribution in [0.15, 0.2) is 12.2 Å². The van der Waals surface area contributed by atoms with Gasteiger partial charge >= 0.3 is 0 Å². The van der Waals surface area contributed by atoms with Gasteiger partial charge in [-0.1, -0.05) is 12.2 Å². The van der Waals surface area contributed by atoms with Crippen molar-refractivity contribution in [3.8, 4) is 0 Å². The Labute approximate surface area is 48.6 Å². The van der Waals surface area contributed by atoms with Crippen molar-refractivity contribution in [2.24, 2.45) is 0 Å². The molecular weight excluding hydrogens is 112 g/mol. The molecule has 0 radical (unpaired) electrons. The quantitative estimate of drug-likeness (QED) is 0.428. The first kappa shape index (κ1) is 6.99. The van der Waals surface area contributed by atoms with Gasteiger partial charge in [0.1, 0.15) is 0 Å². The third kappa shape index (κ3) is 2.66. The van der Waals surface area contributed by atoms with E-state index in [1.807, 2.05) is 0 Å². The molecule has 2 heteroatoms. The van der Waals surface area contributed by atoms with Crippen molar-refractivity contribution in [3.63, 3.8) is 0 Å². The fourth-order valence-electron chi connectivity index (χ4n) is 0.132. The highest BCUT2D eigenvalue weighted by Gasteiger charge is 1.98. The minimum Gasteiger partial charge on any atom is -0.388 e. The van der Waals surface area contributed by atoms with Crippen LogP contribution in [0.5, 0.6) is 0 Å². The molecule has 1 N–H and O–H groups in total. The van der Waals surface area contributed by atoms with Crippen molar-refractivity contribution in [3.05, 3.63) is 12.2 Å². The summed E-state index contributed by atoms with van der Waals surface area (Å²) >= 11 is 5.24. The van der Waals surface area contributed by atoms with Gasteiger partial charge in [0.2, 0.25) is 0 Å². The van der Waals surface area contributed by atoms with Gasteiger partial charge < -0.3 is 5.11 Å². The smallest absolute Gasteiger partial charge is 0.0880 e. The van der Waals surface area contributed by atoms with Gasteiger partial charge in [-0.05, 0) is 6.92 Å². The fraction of sp³-hybridized carbons (Fsp3) is 0.600. The Morgan fingerprint density at radius 2 is 2.43 bits per heavy atom. The van der Waals surface area contributed by atoms with Crippen molar-refractivity contribution in [1.82, 2.24) is 0 Å². The van der Waals surface area contributed by atoms with Crippen molar-refractivity contribution in [1.29, 1.82) is 0 Å². The second kappa shape index (κ2) is 3.05. The number of halogens is 1. The fourth-order valence-corrected chi connectivity index (χ4v) is 0.395. The molecule has 0 aromatic heterocycles. The second-order valence-corrected chi connectivity index (χ2v) is 1.83. The van der Waals surface area contributed by atoms with E-state index in [1.165, 1.54) is 0 Å². The van der Waals surface area contributed by atoms with Gasteiger partial charge in [-0.15, -0.1) is 11.6 Å². The van der Waals surface area contributed by atoms with Gasteiger partial charge in [0.15, 0.2) is 0 Å². The van der Waals surface area contributed by atoms with Gasteiger partial charge in [0.25, 0.3) is 0 Å². The molecule has 0 saturated carbocycles. The van der Waals surface area contributed by atoms with Crippen LogP contribution in [-0.2, 0) is 0 Å². The van der Waals surface area contributed by atoms with E-state index in [0.29, 0.717) is 0 Å². The molecule has 0 aliphatic heterocycles. The number of aliphatic hydroxyl groups excluding tert-OH is 1. The van der Waals surface area contributed by atoms with Crippen LogP contribution in [0.2, 0.25) is 0 Å². The van der Waals surface area contributed by atoms with Crippen LogP contribution >= 0.6 is 11.6 Å². The molecule has 1 nitrogen and oxygen atoms in total. The summed E-state index contributed by atoms with van der Waals surface area (Å²) in [6.07, 6.45) is -0.526. The SMILES string of the molecule is C=C(C)C(O)CCl. The lowest BCUT2D eigenvalue weighted by molar-refractivity contribution is 0.235. The van der Waals surface area contributed by atoms with Crippen LogP contribution in [-0.4, -0.2) is 17.1 Å². The van der Waals surface area contributed by atoms with E-state index in [0.717, 1.165) is 5.57 Å². The topological polar surface area (TPSA) is 20.2 Å². The summed E-state index contributed by atoms with van der Waals surface area (Å²) in [6.45, 7) is 5.23. The van der Waals surface area contributed by atoms with Crippen LogP contribution in [0, 0.1) is 0 Å². The second-order valence-electron chi connectivity index (χ2n) is 1.52. The molecule has 42 valence electrons. The molecule has 7 heavy (non-hydrogen) atoms. The molecule has 0 saturated heterocycles. The Bertz CT molecular complexity index is 70.5. The average molecular weight is 121 g/mol. The maximum Gasteiger partial charge on any atom is 0.0880 e. The molecule has 0 aliphatic rings. The largest absolute Gasteiger partial charge is 0.388 e. The minimum absolute atomic E-state index is 0.245. The number of alkyl halides is 1. The zero-order chi connectivity index (χ0) is 5.86. The van der Waals surface area contributed by atoms with E-state index in [-0.39, 0.29) is 5.88 Å². The van der Waals surface area contributed by atoms with Crippen LogP contribution in [0.25, 0.3) is 0 Å². The molecule has 0 aromatic carbocycles. The first-order valence-electron chi connectivity index (χ1n) is 2.08. The molecule has 0 aliphatic carbocycles. The van der Waals surface area contributed by atoms with Gasteiger partial charge in [-0.3, -0.25) is 0 Å². The third-order valence-corrected chi connectivity index (χ3v) is 1.01. The highest BCUT2D eigenvalue weighted by atomic mass is 35.5. The molecule has 0 fully saturated rings. The molecule has 0 aromatic rings. The summed E-state index contributed by atoms with van der Waals surface area (Å²) in [5.74, 6) is 0.245. The monoisotopic (exact) mass is 120 g/mol. The Hall–Kier alpha value is -0.0100. The highest BCUT2D eigenvalue weighted by Crippen LogP contribution is 1.97. The maximum absolute atomic E-state index is 8.70. The Balaban J connectivity index is 3.34. The van der Waals surface area contributed by atoms with Crippen LogP contribution in [0.1, 0.15) is 6.92 Å². The zero-order valence-electron chi connectivity index (χ0n) is 4.32. The molecule has 0 heterocycles. The maximum atomic E-state index is 8.70. The molecule has 1 atom stereocenters. The molecule has 0 spiro atoms. The number of hydrogen-bond acceptors (Lipinski definition) is 1. The van der Waals surface area contributed by atoms with Gasteiger partial charge in [-0.2, -0.15) is 0 Å². The normalized spacial score (nSPS) is 13.6. The summed E-state index contributed by atoms with van der Waals surface area (Å²) < 4.78 is 0. The number of rotatable bonds is 2. The number of aliphatic hydroxyl groups is 1. The van der Waals surface area contributed by atoms with E-state index >= 15 is 0 Å². The molecule has 0 bridgehead atoms. The summed E-state index contributed by atoms with van der Waals surface area (Å²) in [6, 6.07) is 0. The molecular formula is C5H9ClO. The predicted molar refractivity (Wildman–Crippen MR) is 31.5 cm³/mol. The van der Waals surface area contributed by atoms with Crippen molar-refractivity contribution in [2.75, 3.05) is 5.88 Å². The van der Waals surface area contributed by atoms with Gasteiger partial charge in [-0.25, -0.2) is 0 Å². The predicted octanol–water partition coefficient (Wildman–Crippen LogP) is 1.16. The van der Waals surface area contributed by atoms with E-state index in [2.05, 4.69) is 6.58 Å². The lowest BCUT2D eigenvalue weighted by Crippen LogP contribution is -2.07. The lowest BCUT2D eigenvalue weighted by atomic mass is 10.2. The summed E-state index contributed by atoms with van der Waals surface area (Å²) in [5, 5.41) is 8.70. The minimum atomic E-state index is -0.526. The highest BCUT2D eigenvalue weighted by molar-refractivity contribution is 6.18. The van der Waals surface area contributed by atoms with E-state index in [9.17, 15) is 0 Å². The Morgan fingerprint density at radius 3 is 2.43 bits per heavy atom. The van der Waals surface area contributed by atoms with Crippen LogP contribution < -0.4 is 0 Å². The zero-order valence-corrected chi connectivity index (χ0v) is 5.07. The van der Waals surface area contributed by atoms with Crippen molar-refractivity contribution >= 4 is 11.6 Å². The van der Waals surface area contributed by atoms with E-state index in [1.54, 1.807) is 6.92 Å². The number of hydrogen-bond donors (Lipinski definition) is 1. The van der Waals surface area contributed by atoms with Gasteiger partial charge in [0, 0.05) is 0 Å². The summed E-state index contributed by atoms with van der Waals surface area (Å²) in [5.41, 5.74) is 0.718. The first-order chi connectivity index (χ1) is 3.18. The Kier molecular flexibility index (Phi) is 3.05. The molecule has 0 amide bonds. The summed E-state index contributed by atoms with van der Waals surface area (Å²) in [7, 11) is 0. The Morgan fingerprint density at radius 1 is 2.00 bits per heavy atom. The van der Waals surface area contributed by atoms with Gasteiger partial charge in [0.05, 0.1) is 12.0 Å². The van der Waals surface area contributed by atoms with Crippen LogP contribution in [0.3, 0.4) is 0 Å². The van der Waals surface area contributed by atoms with E-state index in [4.69, 9.17) is 16.7 Å². The lowest BCUT2D eigenvalue weighted by Gasteiger charge is -2.01. The van der Waals surface area contributed by atoms with E-state index < -0.39 is 6.10 Å². The standard InChI is InChI=1S/C5H9ClO/c1-4(2)5(7)3-6/h5,7H,1,3H2,2H3. The average Bonchev–Trinajstić information content (AvgIpc) is 1.65. The molecule has 1 unspecified atom stereocenters. The summed E-state index contributed by atoms with van der Waals surface area (Å²) in [4.78, 5) is 0.